The maximum atomic E-state index is 13.7. The molecule has 0 radical (unpaired) electrons. The number of hydrogen-bond donors (Lipinski definition) is 1. The van der Waals surface area contributed by atoms with Crippen LogP contribution in [0.5, 0.6) is 5.75 Å². The average Bonchev–Trinajstić information content (AvgIpc) is 2.66. The fraction of sp³-hybridized carbons (Fsp3) is 0.182. The third-order valence-corrected chi connectivity index (χ3v) is 3.96. The van der Waals surface area contributed by atoms with E-state index in [2.05, 4.69) is 22.1 Å². The minimum Gasteiger partial charge on any atom is -0.497 e. The summed E-state index contributed by atoms with van der Waals surface area (Å²) in [5.41, 5.74) is 0.662. The Bertz CT molecular complexity index is 1050. The monoisotopic (exact) mass is 362 g/mol. The molecule has 1 aromatic heterocycles. The molecule has 1 N–H and O–H groups in total. The van der Waals surface area contributed by atoms with Crippen molar-refractivity contribution in [3.05, 3.63) is 71.7 Å². The molecule has 27 heavy (non-hydrogen) atoms. The lowest BCUT2D eigenvalue weighted by atomic mass is 10.0. The van der Waals surface area contributed by atoms with Crippen LogP contribution in [0.2, 0.25) is 0 Å². The first-order valence-electron chi connectivity index (χ1n) is 8.42. The molecule has 0 bridgehead atoms. The zero-order valence-electron chi connectivity index (χ0n) is 15.3. The summed E-state index contributed by atoms with van der Waals surface area (Å²) in [5, 5.41) is 3.45. The predicted octanol–water partition coefficient (Wildman–Crippen LogP) is 3.94. The van der Waals surface area contributed by atoms with E-state index in [0.29, 0.717) is 10.9 Å². The van der Waals surface area contributed by atoms with Crippen LogP contribution in [0.15, 0.2) is 54.7 Å². The van der Waals surface area contributed by atoms with E-state index >= 15 is 0 Å². The molecule has 0 spiro atoms. The van der Waals surface area contributed by atoms with Gasteiger partial charge in [0.1, 0.15) is 17.1 Å². The Morgan fingerprint density at radius 2 is 1.93 bits per heavy atom. The van der Waals surface area contributed by atoms with Crippen molar-refractivity contribution in [3.8, 4) is 17.6 Å². The van der Waals surface area contributed by atoms with Crippen LogP contribution in [0.3, 0.4) is 0 Å². The molecule has 0 aliphatic carbocycles. The fourth-order valence-electron chi connectivity index (χ4n) is 2.54. The van der Waals surface area contributed by atoms with Gasteiger partial charge in [-0.15, -0.1) is 0 Å². The van der Waals surface area contributed by atoms with E-state index in [-0.39, 0.29) is 11.4 Å². The molecule has 0 saturated carbocycles. The second-order valence-corrected chi connectivity index (χ2v) is 6.59. The van der Waals surface area contributed by atoms with Crippen LogP contribution in [-0.4, -0.2) is 23.5 Å². The van der Waals surface area contributed by atoms with E-state index in [0.717, 1.165) is 11.3 Å². The summed E-state index contributed by atoms with van der Waals surface area (Å²) in [4.78, 5) is 16.6. The first-order valence-corrected chi connectivity index (χ1v) is 8.42. The standard InChI is InChI=1S/C22H19FN2O2/c1-22(2,12-11-15-7-9-18(27-3)10-8-15)25-21(26)17-13-16-5-4-6-19(23)20(16)24-14-17/h4-10,13-14H,1-3H3,(H,25,26). The van der Waals surface area contributed by atoms with Crippen LogP contribution >= 0.6 is 0 Å². The molecule has 4 nitrogen and oxygen atoms in total. The van der Waals surface area contributed by atoms with Gasteiger partial charge in [0.2, 0.25) is 0 Å². The molecule has 0 unspecified atom stereocenters. The molecular formula is C22H19FN2O2. The van der Waals surface area contributed by atoms with E-state index in [4.69, 9.17) is 4.74 Å². The number of pyridine rings is 1. The van der Waals surface area contributed by atoms with Gasteiger partial charge in [0.05, 0.1) is 18.2 Å². The summed E-state index contributed by atoms with van der Waals surface area (Å²) in [6.45, 7) is 3.63. The van der Waals surface area contributed by atoms with Crippen LogP contribution in [0.25, 0.3) is 10.9 Å². The maximum absolute atomic E-state index is 13.7. The molecule has 3 aromatic rings. The predicted molar refractivity (Wildman–Crippen MR) is 103 cm³/mol. The molecule has 1 heterocycles. The third kappa shape index (κ3) is 4.42. The first-order chi connectivity index (χ1) is 12.9. The normalized spacial score (nSPS) is 10.8. The number of carbonyl (C=O) groups excluding carboxylic acids is 1. The van der Waals surface area contributed by atoms with Gasteiger partial charge >= 0.3 is 0 Å². The average molecular weight is 362 g/mol. The quantitative estimate of drug-likeness (QED) is 0.718. The molecule has 0 atom stereocenters. The summed E-state index contributed by atoms with van der Waals surface area (Å²) >= 11 is 0. The number of carbonyl (C=O) groups is 1. The van der Waals surface area contributed by atoms with Crippen LogP contribution in [0.4, 0.5) is 4.39 Å². The summed E-state index contributed by atoms with van der Waals surface area (Å²) < 4.78 is 18.8. The highest BCUT2D eigenvalue weighted by molar-refractivity contribution is 5.97. The smallest absolute Gasteiger partial charge is 0.254 e. The molecule has 0 saturated heterocycles. The summed E-state index contributed by atoms with van der Waals surface area (Å²) in [6, 6.07) is 13.6. The van der Waals surface area contributed by atoms with Gasteiger partial charge in [0, 0.05) is 17.1 Å². The van der Waals surface area contributed by atoms with E-state index in [1.807, 2.05) is 38.1 Å². The van der Waals surface area contributed by atoms with Gasteiger partial charge in [-0.05, 0) is 50.2 Å². The number of aromatic nitrogens is 1. The zero-order chi connectivity index (χ0) is 19.4. The van der Waals surface area contributed by atoms with E-state index in [1.54, 1.807) is 25.3 Å². The minimum atomic E-state index is -0.756. The first kappa shape index (κ1) is 18.4. The molecule has 0 aliphatic rings. The van der Waals surface area contributed by atoms with Crippen LogP contribution in [0, 0.1) is 17.7 Å². The Morgan fingerprint density at radius 3 is 2.63 bits per heavy atom. The molecule has 2 aromatic carbocycles. The number of benzene rings is 2. The van der Waals surface area contributed by atoms with E-state index in [9.17, 15) is 9.18 Å². The van der Waals surface area contributed by atoms with Gasteiger partial charge < -0.3 is 10.1 Å². The second kappa shape index (κ2) is 7.46. The third-order valence-electron chi connectivity index (χ3n) is 3.96. The van der Waals surface area contributed by atoms with Crippen LogP contribution < -0.4 is 10.1 Å². The van der Waals surface area contributed by atoms with Crippen molar-refractivity contribution in [1.29, 1.82) is 0 Å². The lowest BCUT2D eigenvalue weighted by Crippen LogP contribution is -2.42. The number of hydrogen-bond acceptors (Lipinski definition) is 3. The number of nitrogens with zero attached hydrogens (tertiary/aromatic N) is 1. The topological polar surface area (TPSA) is 51.2 Å². The number of nitrogens with one attached hydrogen (secondary N) is 1. The molecule has 0 aliphatic heterocycles. The highest BCUT2D eigenvalue weighted by atomic mass is 19.1. The molecule has 136 valence electrons. The number of ether oxygens (including phenoxy) is 1. The SMILES string of the molecule is COc1ccc(C#CC(C)(C)NC(=O)c2cnc3c(F)cccc3c2)cc1. The number of fused-ring (bicyclic) bond motifs is 1. The molecule has 1 amide bonds. The van der Waals surface area contributed by atoms with Gasteiger partial charge in [-0.2, -0.15) is 0 Å². The van der Waals surface area contributed by atoms with E-state index in [1.165, 1.54) is 12.3 Å². The fourth-order valence-corrected chi connectivity index (χ4v) is 2.54. The number of para-hydroxylation sites is 1. The summed E-state index contributed by atoms with van der Waals surface area (Å²) in [6.07, 6.45) is 1.37. The Labute approximate surface area is 157 Å². The zero-order valence-corrected chi connectivity index (χ0v) is 15.3. The van der Waals surface area contributed by atoms with Crippen molar-refractivity contribution in [1.82, 2.24) is 10.3 Å². The minimum absolute atomic E-state index is 0.243. The van der Waals surface area contributed by atoms with Crippen LogP contribution in [-0.2, 0) is 0 Å². The number of halogens is 1. The summed E-state index contributed by atoms with van der Waals surface area (Å²) in [7, 11) is 1.61. The Morgan fingerprint density at radius 1 is 1.19 bits per heavy atom. The number of amides is 1. The highest BCUT2D eigenvalue weighted by Gasteiger charge is 2.19. The van der Waals surface area contributed by atoms with Gasteiger partial charge in [-0.3, -0.25) is 9.78 Å². The second-order valence-electron chi connectivity index (χ2n) is 6.59. The van der Waals surface area contributed by atoms with Gasteiger partial charge in [0.15, 0.2) is 0 Å². The lowest BCUT2D eigenvalue weighted by Gasteiger charge is -2.20. The summed E-state index contributed by atoms with van der Waals surface area (Å²) in [5.74, 6) is 6.13. The maximum Gasteiger partial charge on any atom is 0.254 e. The Balaban J connectivity index is 1.77. The molecular weight excluding hydrogens is 343 g/mol. The molecule has 3 rings (SSSR count). The van der Waals surface area contributed by atoms with Crippen molar-refractivity contribution < 1.29 is 13.9 Å². The van der Waals surface area contributed by atoms with Crippen LogP contribution in [0.1, 0.15) is 29.8 Å². The van der Waals surface area contributed by atoms with Crippen molar-refractivity contribution >= 4 is 16.8 Å². The van der Waals surface area contributed by atoms with Gasteiger partial charge in [-0.25, -0.2) is 4.39 Å². The number of methoxy groups -OCH3 is 1. The van der Waals surface area contributed by atoms with Crippen molar-refractivity contribution in [2.75, 3.05) is 7.11 Å². The van der Waals surface area contributed by atoms with Crippen molar-refractivity contribution in [2.45, 2.75) is 19.4 Å². The largest absolute Gasteiger partial charge is 0.497 e. The number of rotatable bonds is 3. The molecule has 0 fully saturated rings. The Kier molecular flexibility index (Phi) is 5.09. The van der Waals surface area contributed by atoms with E-state index < -0.39 is 11.4 Å². The van der Waals surface area contributed by atoms with Gasteiger partial charge in [0.25, 0.3) is 5.91 Å². The highest BCUT2D eigenvalue weighted by Crippen LogP contribution is 2.17. The Hall–Kier alpha value is -3.39. The van der Waals surface area contributed by atoms with Crippen molar-refractivity contribution in [2.24, 2.45) is 0 Å². The van der Waals surface area contributed by atoms with Crippen molar-refractivity contribution in [3.63, 3.8) is 0 Å². The van der Waals surface area contributed by atoms with Gasteiger partial charge in [-0.1, -0.05) is 24.0 Å². The lowest BCUT2D eigenvalue weighted by molar-refractivity contribution is 0.0929. The molecule has 5 heteroatoms.